The van der Waals surface area contributed by atoms with Gasteiger partial charge in [-0.3, -0.25) is 4.79 Å². The summed E-state index contributed by atoms with van der Waals surface area (Å²) in [5.74, 6) is -0.344. The van der Waals surface area contributed by atoms with Crippen LogP contribution >= 0.6 is 11.6 Å². The molecule has 0 atom stereocenters. The van der Waals surface area contributed by atoms with Gasteiger partial charge in [0.25, 0.3) is 0 Å². The van der Waals surface area contributed by atoms with Crippen LogP contribution < -0.4 is 0 Å². The van der Waals surface area contributed by atoms with E-state index in [1.54, 1.807) is 42.0 Å². The second kappa shape index (κ2) is 4.76. The van der Waals surface area contributed by atoms with Crippen molar-refractivity contribution in [1.82, 2.24) is 4.57 Å². The van der Waals surface area contributed by atoms with Crippen molar-refractivity contribution in [2.75, 3.05) is 0 Å². The lowest BCUT2D eigenvalue weighted by molar-refractivity contribution is 0.112. The first-order valence-electron chi connectivity index (χ1n) is 6.12. The van der Waals surface area contributed by atoms with Gasteiger partial charge < -0.3 is 4.57 Å². The number of benzene rings is 2. The zero-order valence-electron chi connectivity index (χ0n) is 10.7. The molecular weight excluding hydrogens is 277 g/mol. The molecule has 1 aromatic heterocycles. The van der Waals surface area contributed by atoms with Crippen LogP contribution in [-0.4, -0.2) is 10.9 Å². The SMILES string of the molecule is Cc1cc(F)c2c(c1)c(C=O)cn2-c1ccc(Cl)cc1. The van der Waals surface area contributed by atoms with Gasteiger partial charge in [-0.2, -0.15) is 0 Å². The number of aldehydes is 1. The van der Waals surface area contributed by atoms with Gasteiger partial charge in [0.05, 0.1) is 5.52 Å². The average molecular weight is 288 g/mol. The number of rotatable bonds is 2. The van der Waals surface area contributed by atoms with Crippen LogP contribution in [0.5, 0.6) is 0 Å². The van der Waals surface area contributed by atoms with Crippen molar-refractivity contribution in [3.8, 4) is 5.69 Å². The van der Waals surface area contributed by atoms with E-state index in [4.69, 9.17) is 11.6 Å². The van der Waals surface area contributed by atoms with Gasteiger partial charge in [0, 0.05) is 27.9 Å². The molecule has 0 saturated heterocycles. The van der Waals surface area contributed by atoms with E-state index in [1.807, 2.05) is 6.07 Å². The third kappa shape index (κ3) is 2.00. The summed E-state index contributed by atoms with van der Waals surface area (Å²) < 4.78 is 15.9. The molecule has 0 spiro atoms. The summed E-state index contributed by atoms with van der Waals surface area (Å²) in [5, 5.41) is 1.23. The second-order valence-electron chi connectivity index (χ2n) is 4.69. The molecular formula is C16H11ClFNO. The van der Waals surface area contributed by atoms with Gasteiger partial charge >= 0.3 is 0 Å². The van der Waals surface area contributed by atoms with E-state index in [9.17, 15) is 9.18 Å². The molecule has 20 heavy (non-hydrogen) atoms. The van der Waals surface area contributed by atoms with E-state index in [0.29, 0.717) is 21.5 Å². The van der Waals surface area contributed by atoms with Crippen molar-refractivity contribution in [1.29, 1.82) is 0 Å². The predicted molar refractivity (Wildman–Crippen MR) is 78.4 cm³/mol. The molecule has 2 nitrogen and oxygen atoms in total. The maximum absolute atomic E-state index is 14.3. The van der Waals surface area contributed by atoms with Gasteiger partial charge in [-0.1, -0.05) is 11.6 Å². The highest BCUT2D eigenvalue weighted by atomic mass is 35.5. The number of nitrogens with zero attached hydrogens (tertiary/aromatic N) is 1. The number of halogens is 2. The van der Waals surface area contributed by atoms with Gasteiger partial charge in [0.1, 0.15) is 5.82 Å². The van der Waals surface area contributed by atoms with Crippen LogP contribution in [0.1, 0.15) is 15.9 Å². The van der Waals surface area contributed by atoms with Gasteiger partial charge in [0.2, 0.25) is 0 Å². The lowest BCUT2D eigenvalue weighted by Crippen LogP contribution is -1.94. The Balaban J connectivity index is 2.36. The Morgan fingerprint density at radius 1 is 1.20 bits per heavy atom. The van der Waals surface area contributed by atoms with E-state index in [-0.39, 0.29) is 5.82 Å². The minimum absolute atomic E-state index is 0.344. The Bertz CT molecular complexity index is 805. The number of aromatic nitrogens is 1. The van der Waals surface area contributed by atoms with Crippen molar-refractivity contribution in [3.05, 3.63) is 64.6 Å². The number of hydrogen-bond acceptors (Lipinski definition) is 1. The zero-order valence-corrected chi connectivity index (χ0v) is 11.5. The van der Waals surface area contributed by atoms with Crippen molar-refractivity contribution < 1.29 is 9.18 Å². The Hall–Kier alpha value is -2.13. The van der Waals surface area contributed by atoms with E-state index in [1.165, 1.54) is 6.07 Å². The fraction of sp³-hybridized carbons (Fsp3) is 0.0625. The molecule has 0 amide bonds. The second-order valence-corrected chi connectivity index (χ2v) is 5.13. The third-order valence-corrected chi connectivity index (χ3v) is 3.51. The number of aryl methyl sites for hydroxylation is 1. The molecule has 0 saturated carbocycles. The summed E-state index contributed by atoms with van der Waals surface area (Å²) in [7, 11) is 0. The molecule has 0 radical (unpaired) electrons. The maximum Gasteiger partial charge on any atom is 0.152 e. The highest BCUT2D eigenvalue weighted by Gasteiger charge is 2.14. The van der Waals surface area contributed by atoms with Crippen molar-refractivity contribution in [3.63, 3.8) is 0 Å². The quantitative estimate of drug-likeness (QED) is 0.634. The zero-order chi connectivity index (χ0) is 14.3. The van der Waals surface area contributed by atoms with E-state index in [0.717, 1.165) is 17.5 Å². The van der Waals surface area contributed by atoms with Crippen LogP contribution in [0.15, 0.2) is 42.6 Å². The number of hydrogen-bond donors (Lipinski definition) is 0. The topological polar surface area (TPSA) is 22.0 Å². The Morgan fingerprint density at radius 3 is 2.55 bits per heavy atom. The third-order valence-electron chi connectivity index (χ3n) is 3.26. The minimum Gasteiger partial charge on any atom is -0.313 e. The average Bonchev–Trinajstić information content (AvgIpc) is 2.78. The van der Waals surface area contributed by atoms with Crippen LogP contribution in [0.2, 0.25) is 5.02 Å². The highest BCUT2D eigenvalue weighted by Crippen LogP contribution is 2.28. The molecule has 0 unspecified atom stereocenters. The van der Waals surface area contributed by atoms with Crippen molar-refractivity contribution >= 4 is 28.8 Å². The van der Waals surface area contributed by atoms with E-state index >= 15 is 0 Å². The van der Waals surface area contributed by atoms with Crippen LogP contribution in [-0.2, 0) is 0 Å². The lowest BCUT2D eigenvalue weighted by Gasteiger charge is -2.06. The Labute approximate surface area is 120 Å². The molecule has 0 aliphatic carbocycles. The smallest absolute Gasteiger partial charge is 0.152 e. The normalized spacial score (nSPS) is 10.9. The first kappa shape index (κ1) is 12.9. The number of carbonyl (C=O) groups is 1. The molecule has 3 rings (SSSR count). The Morgan fingerprint density at radius 2 is 1.90 bits per heavy atom. The van der Waals surface area contributed by atoms with Gasteiger partial charge in [-0.05, 0) is 48.9 Å². The summed E-state index contributed by atoms with van der Waals surface area (Å²) in [6.45, 7) is 1.80. The largest absolute Gasteiger partial charge is 0.313 e. The molecule has 1 heterocycles. The molecule has 3 aromatic rings. The lowest BCUT2D eigenvalue weighted by atomic mass is 10.1. The first-order valence-corrected chi connectivity index (χ1v) is 6.50. The summed E-state index contributed by atoms with van der Waals surface area (Å²) in [4.78, 5) is 11.2. The van der Waals surface area contributed by atoms with Crippen LogP contribution in [0.25, 0.3) is 16.6 Å². The summed E-state index contributed by atoms with van der Waals surface area (Å²) in [5.41, 5.74) is 2.42. The molecule has 0 bridgehead atoms. The highest BCUT2D eigenvalue weighted by molar-refractivity contribution is 6.30. The maximum atomic E-state index is 14.3. The number of carbonyl (C=O) groups excluding carboxylic acids is 1. The van der Waals surface area contributed by atoms with Crippen molar-refractivity contribution in [2.45, 2.75) is 6.92 Å². The van der Waals surface area contributed by atoms with Gasteiger partial charge in [0.15, 0.2) is 6.29 Å². The van der Waals surface area contributed by atoms with Crippen LogP contribution in [0.4, 0.5) is 4.39 Å². The van der Waals surface area contributed by atoms with E-state index < -0.39 is 0 Å². The molecule has 2 aromatic carbocycles. The fourth-order valence-corrected chi connectivity index (χ4v) is 2.50. The summed E-state index contributed by atoms with van der Waals surface area (Å²) >= 11 is 5.86. The fourth-order valence-electron chi connectivity index (χ4n) is 2.37. The Kier molecular flexibility index (Phi) is 3.07. The summed E-state index contributed by atoms with van der Waals surface area (Å²) in [6, 6.07) is 10.3. The van der Waals surface area contributed by atoms with E-state index in [2.05, 4.69) is 0 Å². The molecule has 0 aliphatic rings. The monoisotopic (exact) mass is 287 g/mol. The van der Waals surface area contributed by atoms with Crippen molar-refractivity contribution in [2.24, 2.45) is 0 Å². The molecule has 0 fully saturated rings. The molecule has 4 heteroatoms. The first-order chi connectivity index (χ1) is 9.60. The predicted octanol–water partition coefficient (Wildman–Crippen LogP) is 4.54. The van der Waals surface area contributed by atoms with Crippen LogP contribution in [0.3, 0.4) is 0 Å². The summed E-state index contributed by atoms with van der Waals surface area (Å²) in [6.07, 6.45) is 2.39. The van der Waals surface area contributed by atoms with Gasteiger partial charge in [-0.15, -0.1) is 0 Å². The standard InChI is InChI=1S/C16H11ClFNO/c1-10-6-14-11(9-20)8-19(16(14)15(18)7-10)13-4-2-12(17)3-5-13/h2-9H,1H3. The number of fused-ring (bicyclic) bond motifs is 1. The minimum atomic E-state index is -0.344. The van der Waals surface area contributed by atoms with Gasteiger partial charge in [-0.25, -0.2) is 4.39 Å². The molecule has 100 valence electrons. The molecule has 0 aliphatic heterocycles. The van der Waals surface area contributed by atoms with Crippen LogP contribution in [0, 0.1) is 12.7 Å². The molecule has 0 N–H and O–H groups in total.